The van der Waals surface area contributed by atoms with Crippen molar-refractivity contribution >= 4 is 33.2 Å². The number of aliphatic carboxylic acids is 1. The lowest BCUT2D eigenvalue weighted by molar-refractivity contribution is -0.144. The smallest absolute Gasteiger partial charge is 0.320 e. The summed E-state index contributed by atoms with van der Waals surface area (Å²) in [7, 11) is 0. The van der Waals surface area contributed by atoms with Crippen molar-refractivity contribution in [1.82, 2.24) is 9.80 Å². The Labute approximate surface area is 126 Å². The molecule has 1 saturated heterocycles. The van der Waals surface area contributed by atoms with Crippen molar-refractivity contribution in [3.05, 3.63) is 20.8 Å². The summed E-state index contributed by atoms with van der Waals surface area (Å²) in [6.07, 6.45) is 0.672. The van der Waals surface area contributed by atoms with Gasteiger partial charge in [-0.25, -0.2) is 0 Å². The van der Waals surface area contributed by atoms with Crippen LogP contribution < -0.4 is 0 Å². The molecule has 1 N–H and O–H groups in total. The predicted molar refractivity (Wildman–Crippen MR) is 80.6 cm³/mol. The third kappa shape index (κ3) is 3.78. The standard InChI is InChI=1S/C13H19BrN2O2S/c1-2-11(13(17)18)16-6-4-15(5-7-16)9-12-10(14)3-8-19-12/h3,8,11H,2,4-7,9H2,1H3,(H,17,18)/t11-/m0/s1. The average Bonchev–Trinajstić information content (AvgIpc) is 2.78. The molecule has 4 nitrogen and oxygen atoms in total. The molecule has 0 aromatic carbocycles. The molecule has 1 fully saturated rings. The van der Waals surface area contributed by atoms with Gasteiger partial charge in [-0.3, -0.25) is 14.6 Å². The molecule has 19 heavy (non-hydrogen) atoms. The number of halogens is 1. The molecular weight excluding hydrogens is 328 g/mol. The molecule has 106 valence electrons. The fraction of sp³-hybridized carbons (Fsp3) is 0.615. The zero-order valence-corrected chi connectivity index (χ0v) is 13.4. The SMILES string of the molecule is CC[C@@H](C(=O)O)N1CCN(Cc2sccc2Br)CC1. The maximum absolute atomic E-state index is 11.2. The molecule has 1 aromatic heterocycles. The van der Waals surface area contributed by atoms with Crippen LogP contribution in [0.2, 0.25) is 0 Å². The van der Waals surface area contributed by atoms with Crippen molar-refractivity contribution in [2.45, 2.75) is 25.9 Å². The molecule has 0 radical (unpaired) electrons. The van der Waals surface area contributed by atoms with Gasteiger partial charge in [0.2, 0.25) is 0 Å². The third-order valence-corrected chi connectivity index (χ3v) is 5.49. The Morgan fingerprint density at radius 3 is 2.63 bits per heavy atom. The van der Waals surface area contributed by atoms with E-state index in [0.717, 1.165) is 32.7 Å². The van der Waals surface area contributed by atoms with E-state index < -0.39 is 5.97 Å². The molecule has 2 rings (SSSR count). The first-order valence-electron chi connectivity index (χ1n) is 6.53. The van der Waals surface area contributed by atoms with Gasteiger partial charge in [0.1, 0.15) is 6.04 Å². The number of rotatable bonds is 5. The molecule has 6 heteroatoms. The Bertz CT molecular complexity index is 430. The Kier molecular flexibility index (Phi) is 5.38. The van der Waals surface area contributed by atoms with E-state index in [0.29, 0.717) is 6.42 Å². The Morgan fingerprint density at radius 1 is 1.47 bits per heavy atom. The molecule has 0 saturated carbocycles. The van der Waals surface area contributed by atoms with Crippen LogP contribution in [0.3, 0.4) is 0 Å². The highest BCUT2D eigenvalue weighted by atomic mass is 79.9. The number of carboxylic acid groups (broad SMARTS) is 1. The highest BCUT2D eigenvalue weighted by molar-refractivity contribution is 9.10. The monoisotopic (exact) mass is 346 g/mol. The predicted octanol–water partition coefficient (Wildman–Crippen LogP) is 2.49. The Morgan fingerprint density at radius 2 is 2.16 bits per heavy atom. The van der Waals surface area contributed by atoms with Gasteiger partial charge in [-0.05, 0) is 33.8 Å². The van der Waals surface area contributed by atoms with Crippen molar-refractivity contribution in [3.8, 4) is 0 Å². The largest absolute Gasteiger partial charge is 0.480 e. The van der Waals surface area contributed by atoms with E-state index in [1.54, 1.807) is 11.3 Å². The van der Waals surface area contributed by atoms with Crippen molar-refractivity contribution in [2.24, 2.45) is 0 Å². The van der Waals surface area contributed by atoms with Crippen LogP contribution in [0.1, 0.15) is 18.2 Å². The van der Waals surface area contributed by atoms with Crippen molar-refractivity contribution in [1.29, 1.82) is 0 Å². The third-order valence-electron chi connectivity index (χ3n) is 3.58. The number of carboxylic acids is 1. The molecule has 0 spiro atoms. The van der Waals surface area contributed by atoms with E-state index in [-0.39, 0.29) is 6.04 Å². The van der Waals surface area contributed by atoms with E-state index in [1.165, 1.54) is 9.35 Å². The van der Waals surface area contributed by atoms with E-state index in [1.807, 2.05) is 6.92 Å². The Hall–Kier alpha value is -0.430. The molecule has 1 aromatic rings. The number of nitrogens with zero attached hydrogens (tertiary/aromatic N) is 2. The van der Waals surface area contributed by atoms with Gasteiger partial charge in [0.15, 0.2) is 0 Å². The van der Waals surface area contributed by atoms with E-state index in [2.05, 4.69) is 37.2 Å². The minimum atomic E-state index is -0.697. The van der Waals surface area contributed by atoms with Crippen molar-refractivity contribution in [3.63, 3.8) is 0 Å². The molecular formula is C13H19BrN2O2S. The number of piperazine rings is 1. The van der Waals surface area contributed by atoms with Gasteiger partial charge >= 0.3 is 5.97 Å². The topological polar surface area (TPSA) is 43.8 Å². The molecule has 0 amide bonds. The summed E-state index contributed by atoms with van der Waals surface area (Å²) in [6, 6.07) is 1.75. The minimum Gasteiger partial charge on any atom is -0.480 e. The zero-order chi connectivity index (χ0) is 13.8. The number of hydrogen-bond acceptors (Lipinski definition) is 4. The van der Waals surface area contributed by atoms with Crippen LogP contribution in [0.4, 0.5) is 0 Å². The van der Waals surface area contributed by atoms with Crippen LogP contribution in [0, 0.1) is 0 Å². The van der Waals surface area contributed by atoms with Gasteiger partial charge in [0.05, 0.1) is 0 Å². The van der Waals surface area contributed by atoms with Crippen molar-refractivity contribution < 1.29 is 9.90 Å². The molecule has 2 heterocycles. The van der Waals surface area contributed by atoms with Gasteiger partial charge in [-0.15, -0.1) is 11.3 Å². The second-order valence-electron chi connectivity index (χ2n) is 4.77. The first-order chi connectivity index (χ1) is 9.11. The summed E-state index contributed by atoms with van der Waals surface area (Å²) in [5.41, 5.74) is 0. The summed E-state index contributed by atoms with van der Waals surface area (Å²) >= 11 is 5.32. The molecule has 1 atom stereocenters. The lowest BCUT2D eigenvalue weighted by Gasteiger charge is -2.37. The minimum absolute atomic E-state index is 0.323. The molecule has 1 aliphatic rings. The van der Waals surface area contributed by atoms with Gasteiger partial charge in [0.25, 0.3) is 0 Å². The highest BCUT2D eigenvalue weighted by Crippen LogP contribution is 2.24. The van der Waals surface area contributed by atoms with Gasteiger partial charge in [-0.1, -0.05) is 6.92 Å². The fourth-order valence-electron chi connectivity index (χ4n) is 2.46. The highest BCUT2D eigenvalue weighted by Gasteiger charge is 2.27. The Balaban J connectivity index is 1.85. The first-order valence-corrected chi connectivity index (χ1v) is 8.20. The van der Waals surface area contributed by atoms with Crippen LogP contribution in [0.15, 0.2) is 15.9 Å². The van der Waals surface area contributed by atoms with E-state index in [4.69, 9.17) is 0 Å². The zero-order valence-electron chi connectivity index (χ0n) is 11.0. The summed E-state index contributed by atoms with van der Waals surface area (Å²) in [5, 5.41) is 11.3. The number of thiophene rings is 1. The summed E-state index contributed by atoms with van der Waals surface area (Å²) in [6.45, 7) is 6.45. The lowest BCUT2D eigenvalue weighted by Crippen LogP contribution is -2.52. The van der Waals surface area contributed by atoms with Gasteiger partial charge in [0, 0.05) is 42.1 Å². The van der Waals surface area contributed by atoms with Crippen molar-refractivity contribution in [2.75, 3.05) is 26.2 Å². The van der Waals surface area contributed by atoms with Crippen LogP contribution >= 0.6 is 27.3 Å². The second-order valence-corrected chi connectivity index (χ2v) is 6.62. The average molecular weight is 347 g/mol. The quantitative estimate of drug-likeness (QED) is 0.889. The van der Waals surface area contributed by atoms with Crippen LogP contribution in [-0.4, -0.2) is 53.1 Å². The fourth-order valence-corrected chi connectivity index (χ4v) is 3.98. The normalized spacial score (nSPS) is 19.5. The number of carbonyl (C=O) groups is 1. The molecule has 1 aliphatic heterocycles. The molecule has 0 aliphatic carbocycles. The van der Waals surface area contributed by atoms with E-state index in [9.17, 15) is 9.90 Å². The molecule has 0 bridgehead atoms. The first kappa shape index (κ1) is 15.0. The molecule has 0 unspecified atom stereocenters. The van der Waals surface area contributed by atoms with Crippen LogP contribution in [0.25, 0.3) is 0 Å². The maximum Gasteiger partial charge on any atom is 0.320 e. The van der Waals surface area contributed by atoms with E-state index >= 15 is 0 Å². The summed E-state index contributed by atoms with van der Waals surface area (Å²) in [4.78, 5) is 17.0. The number of hydrogen-bond donors (Lipinski definition) is 1. The van der Waals surface area contributed by atoms with Gasteiger partial charge in [-0.2, -0.15) is 0 Å². The second kappa shape index (κ2) is 6.83. The van der Waals surface area contributed by atoms with Crippen LogP contribution in [0.5, 0.6) is 0 Å². The maximum atomic E-state index is 11.2. The van der Waals surface area contributed by atoms with Gasteiger partial charge < -0.3 is 5.11 Å². The summed E-state index contributed by atoms with van der Waals surface area (Å²) in [5.74, 6) is -0.697. The lowest BCUT2D eigenvalue weighted by atomic mass is 10.1. The summed E-state index contributed by atoms with van der Waals surface area (Å²) < 4.78 is 1.18. The van der Waals surface area contributed by atoms with Crippen LogP contribution in [-0.2, 0) is 11.3 Å².